The number of amides is 1. The smallest absolute Gasteiger partial charge is 0.410 e. The lowest BCUT2D eigenvalue weighted by Gasteiger charge is -2.34. The van der Waals surface area contributed by atoms with Crippen LogP contribution in [-0.2, 0) is 4.74 Å². The van der Waals surface area contributed by atoms with Crippen molar-refractivity contribution in [3.8, 4) is 0 Å². The Morgan fingerprint density at radius 3 is 2.52 bits per heavy atom. The maximum absolute atomic E-state index is 12.3. The van der Waals surface area contributed by atoms with Crippen LogP contribution in [0.2, 0.25) is 0 Å². The molecule has 156 valence electrons. The fourth-order valence-electron chi connectivity index (χ4n) is 3.70. The summed E-state index contributed by atoms with van der Waals surface area (Å²) in [6.07, 6.45) is 5.96. The maximum atomic E-state index is 12.3. The number of hydrogen-bond acceptors (Lipinski definition) is 4. The zero-order valence-corrected chi connectivity index (χ0v) is 17.7. The molecule has 2 fully saturated rings. The average molecular weight is 382 g/mol. The van der Waals surface area contributed by atoms with Gasteiger partial charge in [-0.15, -0.1) is 0 Å². The van der Waals surface area contributed by atoms with Crippen LogP contribution in [0.15, 0.2) is 4.99 Å². The van der Waals surface area contributed by atoms with Crippen LogP contribution in [0.1, 0.15) is 52.9 Å². The minimum Gasteiger partial charge on any atom is -0.444 e. The van der Waals surface area contributed by atoms with Crippen molar-refractivity contribution >= 4 is 12.1 Å². The van der Waals surface area contributed by atoms with Crippen molar-refractivity contribution in [3.63, 3.8) is 0 Å². The lowest BCUT2D eigenvalue weighted by Crippen LogP contribution is -2.48. The minimum absolute atomic E-state index is 0.198. The largest absolute Gasteiger partial charge is 0.444 e. The molecule has 1 unspecified atom stereocenters. The SMILES string of the molecule is CN=C(NCCN1CCCCC1)NCC1CCCN(C(=O)OC(C)(C)C)C1. The number of likely N-dealkylation sites (tertiary alicyclic amines) is 2. The van der Waals surface area contributed by atoms with E-state index in [0.717, 1.165) is 51.5 Å². The highest BCUT2D eigenvalue weighted by Gasteiger charge is 2.27. The van der Waals surface area contributed by atoms with Crippen LogP contribution >= 0.6 is 0 Å². The first-order valence-electron chi connectivity index (χ1n) is 10.5. The molecule has 2 heterocycles. The summed E-state index contributed by atoms with van der Waals surface area (Å²) in [7, 11) is 1.81. The molecule has 2 saturated heterocycles. The Morgan fingerprint density at radius 2 is 1.85 bits per heavy atom. The number of carbonyl (C=O) groups excluding carboxylic acids is 1. The Hall–Kier alpha value is -1.50. The summed E-state index contributed by atoms with van der Waals surface area (Å²) in [6, 6.07) is 0. The molecule has 0 aromatic rings. The average Bonchev–Trinajstić information content (AvgIpc) is 2.64. The second kappa shape index (κ2) is 10.7. The standard InChI is InChI=1S/C20H39N5O2/c1-20(2,3)27-19(26)25-13-8-9-17(16-25)15-23-18(21-4)22-10-14-24-11-6-5-7-12-24/h17H,5-16H2,1-4H3,(H2,21,22,23). The number of nitrogens with one attached hydrogen (secondary N) is 2. The van der Waals surface area contributed by atoms with E-state index in [1.54, 1.807) is 0 Å². The molecule has 0 aromatic carbocycles. The maximum Gasteiger partial charge on any atom is 0.410 e. The number of hydrogen-bond donors (Lipinski definition) is 2. The molecule has 1 amide bonds. The molecule has 2 aliphatic rings. The van der Waals surface area contributed by atoms with Gasteiger partial charge in [-0.2, -0.15) is 0 Å². The van der Waals surface area contributed by atoms with Gasteiger partial charge in [0.15, 0.2) is 5.96 Å². The van der Waals surface area contributed by atoms with Crippen molar-refractivity contribution in [1.82, 2.24) is 20.4 Å². The van der Waals surface area contributed by atoms with E-state index < -0.39 is 5.60 Å². The monoisotopic (exact) mass is 381 g/mol. The Bertz CT molecular complexity index is 483. The Labute approximate surface area is 164 Å². The van der Waals surface area contributed by atoms with Gasteiger partial charge in [0.2, 0.25) is 0 Å². The summed E-state index contributed by atoms with van der Waals surface area (Å²) in [6.45, 7) is 12.5. The highest BCUT2D eigenvalue weighted by Crippen LogP contribution is 2.18. The molecule has 7 heteroatoms. The van der Waals surface area contributed by atoms with Crippen molar-refractivity contribution in [2.24, 2.45) is 10.9 Å². The number of nitrogens with zero attached hydrogens (tertiary/aromatic N) is 3. The molecule has 0 saturated carbocycles. The van der Waals surface area contributed by atoms with Crippen LogP contribution in [-0.4, -0.2) is 80.3 Å². The van der Waals surface area contributed by atoms with Crippen molar-refractivity contribution in [2.75, 3.05) is 52.9 Å². The molecule has 7 nitrogen and oxygen atoms in total. The van der Waals surface area contributed by atoms with Crippen molar-refractivity contribution in [1.29, 1.82) is 0 Å². The first-order valence-corrected chi connectivity index (χ1v) is 10.5. The Kier molecular flexibility index (Phi) is 8.67. The summed E-state index contributed by atoms with van der Waals surface area (Å²) in [5, 5.41) is 6.84. The van der Waals surface area contributed by atoms with E-state index >= 15 is 0 Å². The fourth-order valence-corrected chi connectivity index (χ4v) is 3.70. The number of guanidine groups is 1. The zero-order valence-electron chi connectivity index (χ0n) is 17.7. The third kappa shape index (κ3) is 8.37. The van der Waals surface area contributed by atoms with E-state index in [0.29, 0.717) is 5.92 Å². The van der Waals surface area contributed by atoms with E-state index in [2.05, 4.69) is 20.5 Å². The lowest BCUT2D eigenvalue weighted by atomic mass is 9.98. The lowest BCUT2D eigenvalue weighted by molar-refractivity contribution is 0.0168. The van der Waals surface area contributed by atoms with Crippen LogP contribution in [0.3, 0.4) is 0 Å². The number of aliphatic imine (C=N–C) groups is 1. The normalized spacial score (nSPS) is 22.4. The van der Waals surface area contributed by atoms with Crippen LogP contribution in [0.5, 0.6) is 0 Å². The van der Waals surface area contributed by atoms with Gasteiger partial charge >= 0.3 is 6.09 Å². The molecular weight excluding hydrogens is 342 g/mol. The molecule has 0 bridgehead atoms. The summed E-state index contributed by atoms with van der Waals surface area (Å²) in [5.41, 5.74) is -0.442. The zero-order chi connectivity index (χ0) is 19.7. The summed E-state index contributed by atoms with van der Waals surface area (Å²) >= 11 is 0. The molecule has 0 spiro atoms. The van der Waals surface area contributed by atoms with E-state index in [1.165, 1.54) is 32.4 Å². The number of ether oxygens (including phenoxy) is 1. The number of piperidine rings is 2. The van der Waals surface area contributed by atoms with Crippen LogP contribution in [0, 0.1) is 5.92 Å². The predicted molar refractivity (Wildman–Crippen MR) is 110 cm³/mol. The number of rotatable bonds is 5. The van der Waals surface area contributed by atoms with Crippen molar-refractivity contribution < 1.29 is 9.53 Å². The number of carbonyl (C=O) groups is 1. The van der Waals surface area contributed by atoms with E-state index in [-0.39, 0.29) is 6.09 Å². The van der Waals surface area contributed by atoms with Crippen LogP contribution in [0.4, 0.5) is 4.79 Å². The molecule has 0 aromatic heterocycles. The highest BCUT2D eigenvalue weighted by molar-refractivity contribution is 5.79. The molecule has 2 aliphatic heterocycles. The van der Waals surface area contributed by atoms with Gasteiger partial charge in [-0.25, -0.2) is 4.79 Å². The molecule has 2 rings (SSSR count). The Morgan fingerprint density at radius 1 is 1.11 bits per heavy atom. The van der Waals surface area contributed by atoms with Crippen LogP contribution < -0.4 is 10.6 Å². The van der Waals surface area contributed by atoms with Gasteiger partial charge < -0.3 is 25.2 Å². The van der Waals surface area contributed by atoms with Crippen molar-refractivity contribution in [2.45, 2.75) is 58.5 Å². The third-order valence-electron chi connectivity index (χ3n) is 5.12. The van der Waals surface area contributed by atoms with Gasteiger partial charge in [-0.3, -0.25) is 4.99 Å². The fraction of sp³-hybridized carbons (Fsp3) is 0.900. The summed E-state index contributed by atoms with van der Waals surface area (Å²) in [5.74, 6) is 1.27. The van der Waals surface area contributed by atoms with Gasteiger partial charge in [-0.1, -0.05) is 6.42 Å². The second-order valence-corrected chi connectivity index (χ2v) is 8.72. The predicted octanol–water partition coefficient (Wildman–Crippen LogP) is 2.28. The minimum atomic E-state index is -0.442. The van der Waals surface area contributed by atoms with Crippen molar-refractivity contribution in [3.05, 3.63) is 0 Å². The van der Waals surface area contributed by atoms with Gasteiger partial charge in [-0.05, 0) is 65.5 Å². The molecule has 1 atom stereocenters. The van der Waals surface area contributed by atoms with E-state index in [4.69, 9.17) is 4.74 Å². The quantitative estimate of drug-likeness (QED) is 0.565. The second-order valence-electron chi connectivity index (χ2n) is 8.72. The van der Waals surface area contributed by atoms with Gasteiger partial charge in [0.05, 0.1) is 0 Å². The third-order valence-corrected chi connectivity index (χ3v) is 5.12. The highest BCUT2D eigenvalue weighted by atomic mass is 16.6. The van der Waals surface area contributed by atoms with Crippen LogP contribution in [0.25, 0.3) is 0 Å². The topological polar surface area (TPSA) is 69.2 Å². The summed E-state index contributed by atoms with van der Waals surface area (Å²) in [4.78, 5) is 21.0. The molecule has 0 radical (unpaired) electrons. The molecule has 27 heavy (non-hydrogen) atoms. The Balaban J connectivity index is 1.68. The van der Waals surface area contributed by atoms with Gasteiger partial charge in [0.1, 0.15) is 5.60 Å². The first kappa shape index (κ1) is 21.8. The first-order chi connectivity index (χ1) is 12.9. The molecule has 2 N–H and O–H groups in total. The van der Waals surface area contributed by atoms with E-state index in [9.17, 15) is 4.79 Å². The summed E-state index contributed by atoms with van der Waals surface area (Å²) < 4.78 is 5.51. The van der Waals surface area contributed by atoms with Gasteiger partial charge in [0.25, 0.3) is 0 Å². The van der Waals surface area contributed by atoms with Gasteiger partial charge in [0, 0.05) is 39.8 Å². The van der Waals surface area contributed by atoms with E-state index in [1.807, 2.05) is 32.7 Å². The molecule has 0 aliphatic carbocycles. The molecular formula is C20H39N5O2.